The molecule has 3 nitrogen and oxygen atoms in total. The van der Waals surface area contributed by atoms with E-state index in [0.29, 0.717) is 11.3 Å². The first-order valence-electron chi connectivity index (χ1n) is 7.74. The average molecular weight is 312 g/mol. The van der Waals surface area contributed by atoms with E-state index in [1.807, 2.05) is 19.9 Å². The summed E-state index contributed by atoms with van der Waals surface area (Å²) in [4.78, 5) is 12.6. The van der Waals surface area contributed by atoms with Crippen LogP contribution in [0, 0.1) is 19.7 Å². The lowest BCUT2D eigenvalue weighted by atomic mass is 9.89. The maximum absolute atomic E-state index is 13.6. The summed E-state index contributed by atoms with van der Waals surface area (Å²) in [5, 5.41) is 9.29. The van der Waals surface area contributed by atoms with Crippen molar-refractivity contribution in [1.82, 2.24) is 0 Å². The molecule has 4 rings (SSSR count). The quantitative estimate of drug-likeness (QED) is 0.919. The van der Waals surface area contributed by atoms with Gasteiger partial charge in [0, 0.05) is 5.56 Å². The number of benzene rings is 2. The summed E-state index contributed by atoms with van der Waals surface area (Å²) in [6, 6.07) is 6.58. The number of ether oxygens (including phenoxy) is 1. The van der Waals surface area contributed by atoms with Crippen molar-refractivity contribution in [2.24, 2.45) is 0 Å². The largest absolute Gasteiger partial charge is 0.478 e. The van der Waals surface area contributed by atoms with Gasteiger partial charge in [-0.25, -0.2) is 4.39 Å². The van der Waals surface area contributed by atoms with Crippen LogP contribution in [0.25, 0.3) is 11.1 Å². The molecule has 0 amide bonds. The van der Waals surface area contributed by atoms with Crippen LogP contribution in [0.5, 0.6) is 5.75 Å². The molecule has 1 aliphatic heterocycles. The summed E-state index contributed by atoms with van der Waals surface area (Å²) < 4.78 is 19.5. The van der Waals surface area contributed by atoms with E-state index in [9.17, 15) is 14.3 Å². The fourth-order valence-corrected chi connectivity index (χ4v) is 3.53. The topological polar surface area (TPSA) is 46.5 Å². The maximum Gasteiger partial charge on any atom is 0.210 e. The number of carbonyl (C=O) groups is 1. The Labute approximate surface area is 133 Å². The summed E-state index contributed by atoms with van der Waals surface area (Å²) in [7, 11) is 0. The van der Waals surface area contributed by atoms with Crippen LogP contribution < -0.4 is 4.74 Å². The molecule has 118 valence electrons. The minimum absolute atomic E-state index is 0.0655. The van der Waals surface area contributed by atoms with Gasteiger partial charge in [0.2, 0.25) is 5.78 Å². The number of aryl methyl sites for hydroxylation is 1. The van der Waals surface area contributed by atoms with E-state index in [-0.39, 0.29) is 18.0 Å². The second-order valence-corrected chi connectivity index (χ2v) is 6.46. The summed E-state index contributed by atoms with van der Waals surface area (Å²) >= 11 is 0. The van der Waals surface area contributed by atoms with E-state index in [1.165, 1.54) is 6.07 Å². The fraction of sp³-hybridized carbons (Fsp3) is 0.316. The highest BCUT2D eigenvalue weighted by atomic mass is 19.1. The Balaban J connectivity index is 1.91. The van der Waals surface area contributed by atoms with Gasteiger partial charge in [0.15, 0.2) is 5.60 Å². The number of hydrogen-bond donors (Lipinski definition) is 1. The highest BCUT2D eigenvalue weighted by Gasteiger charge is 2.58. The van der Waals surface area contributed by atoms with Crippen molar-refractivity contribution in [2.45, 2.75) is 38.9 Å². The lowest BCUT2D eigenvalue weighted by molar-refractivity contribution is 0.0820. The van der Waals surface area contributed by atoms with Crippen LogP contribution in [-0.4, -0.2) is 16.5 Å². The normalized spacial score (nSPS) is 17.3. The molecule has 2 aromatic rings. The van der Waals surface area contributed by atoms with Crippen molar-refractivity contribution in [3.05, 3.63) is 52.3 Å². The lowest BCUT2D eigenvalue weighted by Gasteiger charge is -2.14. The Bertz CT molecular complexity index is 850. The van der Waals surface area contributed by atoms with Crippen LogP contribution >= 0.6 is 0 Å². The number of carbonyl (C=O) groups excluding carboxylic acids is 1. The predicted octanol–water partition coefficient (Wildman–Crippen LogP) is 3.71. The first-order chi connectivity index (χ1) is 11.0. The molecule has 0 unspecified atom stereocenters. The van der Waals surface area contributed by atoms with Crippen LogP contribution in [0.4, 0.5) is 4.39 Å². The Morgan fingerprint density at radius 2 is 1.96 bits per heavy atom. The van der Waals surface area contributed by atoms with Crippen molar-refractivity contribution in [3.8, 4) is 16.9 Å². The molecule has 2 aromatic carbocycles. The zero-order valence-electron chi connectivity index (χ0n) is 13.1. The Morgan fingerprint density at radius 3 is 2.61 bits per heavy atom. The van der Waals surface area contributed by atoms with Gasteiger partial charge in [-0.3, -0.25) is 4.79 Å². The van der Waals surface area contributed by atoms with Gasteiger partial charge in [0.05, 0.1) is 12.2 Å². The van der Waals surface area contributed by atoms with Crippen LogP contribution in [0.15, 0.2) is 24.3 Å². The molecular weight excluding hydrogens is 295 g/mol. The van der Waals surface area contributed by atoms with E-state index in [0.717, 1.165) is 35.1 Å². The molecule has 1 aliphatic carbocycles. The van der Waals surface area contributed by atoms with Crippen molar-refractivity contribution < 1.29 is 19.0 Å². The number of aliphatic hydroxyl groups is 1. The average Bonchev–Trinajstić information content (AvgIpc) is 3.23. The van der Waals surface area contributed by atoms with Gasteiger partial charge in [-0.1, -0.05) is 6.07 Å². The first-order valence-corrected chi connectivity index (χ1v) is 7.74. The molecule has 1 saturated carbocycles. The van der Waals surface area contributed by atoms with Crippen molar-refractivity contribution in [1.29, 1.82) is 0 Å². The zero-order valence-corrected chi connectivity index (χ0v) is 13.1. The molecular formula is C19H17FO3. The van der Waals surface area contributed by atoms with Gasteiger partial charge in [-0.2, -0.15) is 0 Å². The number of Topliss-reactive ketones (excluding diaryl/α,β-unsaturated/α-hetero) is 1. The van der Waals surface area contributed by atoms with Gasteiger partial charge in [0.25, 0.3) is 0 Å². The fourth-order valence-electron chi connectivity index (χ4n) is 3.53. The zero-order chi connectivity index (χ0) is 16.4. The van der Waals surface area contributed by atoms with Crippen molar-refractivity contribution in [3.63, 3.8) is 0 Å². The van der Waals surface area contributed by atoms with Gasteiger partial charge >= 0.3 is 0 Å². The van der Waals surface area contributed by atoms with E-state index >= 15 is 0 Å². The molecule has 0 atom stereocenters. The third-order valence-corrected chi connectivity index (χ3v) is 4.89. The van der Waals surface area contributed by atoms with Crippen LogP contribution in [0.1, 0.15) is 39.9 Å². The highest BCUT2D eigenvalue weighted by Crippen LogP contribution is 2.52. The third-order valence-electron chi connectivity index (χ3n) is 4.89. The Kier molecular flexibility index (Phi) is 2.91. The molecule has 1 fully saturated rings. The van der Waals surface area contributed by atoms with Crippen LogP contribution in [0.3, 0.4) is 0 Å². The van der Waals surface area contributed by atoms with E-state index in [4.69, 9.17) is 4.74 Å². The molecule has 1 N–H and O–H groups in total. The minimum Gasteiger partial charge on any atom is -0.478 e. The number of aliphatic hydroxyl groups excluding tert-OH is 1. The second-order valence-electron chi connectivity index (χ2n) is 6.46. The predicted molar refractivity (Wildman–Crippen MR) is 84.2 cm³/mol. The van der Waals surface area contributed by atoms with E-state index in [2.05, 4.69) is 0 Å². The monoisotopic (exact) mass is 312 g/mol. The molecule has 23 heavy (non-hydrogen) atoms. The van der Waals surface area contributed by atoms with Gasteiger partial charge in [0.1, 0.15) is 11.6 Å². The smallest absolute Gasteiger partial charge is 0.210 e. The molecule has 0 saturated heterocycles. The van der Waals surface area contributed by atoms with Crippen molar-refractivity contribution >= 4 is 5.78 Å². The molecule has 1 heterocycles. The Hall–Kier alpha value is -2.20. The molecule has 1 spiro atoms. The SMILES string of the molecule is Cc1cc2c(c(C)c1-c1ccc(F)c(CO)c1)C(=O)C1(CC1)O2. The first kappa shape index (κ1) is 14.4. The standard InChI is InChI=1S/C19H17FO3/c1-10-7-15-17(18(22)19(23-15)5-6-19)11(2)16(10)12-3-4-14(20)13(8-12)9-21/h3-4,7-8,21H,5-6,9H2,1-2H3. The minimum atomic E-state index is -0.614. The number of fused-ring (bicyclic) bond motifs is 1. The number of rotatable bonds is 2. The molecule has 0 radical (unpaired) electrons. The molecule has 0 aromatic heterocycles. The number of ketones is 1. The van der Waals surface area contributed by atoms with E-state index in [1.54, 1.807) is 12.1 Å². The van der Waals surface area contributed by atoms with Crippen LogP contribution in [0.2, 0.25) is 0 Å². The van der Waals surface area contributed by atoms with E-state index < -0.39 is 11.4 Å². The van der Waals surface area contributed by atoms with Crippen molar-refractivity contribution in [2.75, 3.05) is 0 Å². The highest BCUT2D eigenvalue weighted by molar-refractivity contribution is 6.11. The second kappa shape index (κ2) is 4.65. The lowest BCUT2D eigenvalue weighted by Crippen LogP contribution is -2.22. The summed E-state index contributed by atoms with van der Waals surface area (Å²) in [5.41, 5.74) is 3.84. The molecule has 4 heteroatoms. The molecule has 0 bridgehead atoms. The number of hydrogen-bond acceptors (Lipinski definition) is 3. The summed E-state index contributed by atoms with van der Waals surface area (Å²) in [5.74, 6) is 0.301. The van der Waals surface area contributed by atoms with Gasteiger partial charge in [-0.15, -0.1) is 0 Å². The third kappa shape index (κ3) is 1.94. The summed E-state index contributed by atoms with van der Waals surface area (Å²) in [6.07, 6.45) is 1.55. The van der Waals surface area contributed by atoms with Crippen LogP contribution in [-0.2, 0) is 6.61 Å². The molecule has 2 aliphatic rings. The van der Waals surface area contributed by atoms with Gasteiger partial charge < -0.3 is 9.84 Å². The Morgan fingerprint density at radius 1 is 1.22 bits per heavy atom. The maximum atomic E-state index is 13.6. The number of halogens is 1. The van der Waals surface area contributed by atoms with Gasteiger partial charge in [-0.05, 0) is 67.1 Å². The summed E-state index contributed by atoms with van der Waals surface area (Å²) in [6.45, 7) is 3.51.